The Hall–Kier alpha value is -1.98. The van der Waals surface area contributed by atoms with Gasteiger partial charge in [-0.25, -0.2) is 9.37 Å². The monoisotopic (exact) mass is 347 g/mol. The van der Waals surface area contributed by atoms with Crippen LogP contribution in [0.2, 0.25) is 0 Å². The third-order valence-corrected chi connectivity index (χ3v) is 3.84. The zero-order valence-corrected chi connectivity index (χ0v) is 12.5. The molecule has 1 aromatic heterocycles. The molecule has 1 N–H and O–H groups in total. The number of halogens is 2. The van der Waals surface area contributed by atoms with Crippen molar-refractivity contribution in [3.05, 3.63) is 64.5 Å². The number of ether oxygens (including phenoxy) is 1. The highest BCUT2D eigenvalue weighted by Gasteiger charge is 2.09. The van der Waals surface area contributed by atoms with Gasteiger partial charge in [-0.2, -0.15) is 0 Å². The molecule has 0 spiro atoms. The van der Waals surface area contributed by atoms with Gasteiger partial charge in [0.25, 0.3) is 0 Å². The molecule has 0 saturated carbocycles. The molecule has 0 atom stereocenters. The van der Waals surface area contributed by atoms with Gasteiger partial charge in [-0.15, -0.1) is 0 Å². The van der Waals surface area contributed by atoms with E-state index in [-0.39, 0.29) is 12.4 Å². The average Bonchev–Trinajstić information content (AvgIpc) is 2.48. The van der Waals surface area contributed by atoms with Gasteiger partial charge in [0.2, 0.25) is 0 Å². The van der Waals surface area contributed by atoms with Crippen molar-refractivity contribution < 1.29 is 14.2 Å². The van der Waals surface area contributed by atoms with Gasteiger partial charge < -0.3 is 9.84 Å². The Morgan fingerprint density at radius 2 is 2.00 bits per heavy atom. The van der Waals surface area contributed by atoms with Gasteiger partial charge in [0.05, 0.1) is 12.8 Å². The summed E-state index contributed by atoms with van der Waals surface area (Å²) < 4.78 is 20.1. The smallest absolute Gasteiger partial charge is 0.149 e. The number of hydrogen-bond acceptors (Lipinski definition) is 3. The summed E-state index contributed by atoms with van der Waals surface area (Å²) in [6.07, 6.45) is 1.47. The fraction of sp³-hybridized carbons (Fsp3) is 0.0625. The SMILES string of the molecule is OCc1c(Br)cccc1Oc1cnc2c(F)cccc2c1. The Balaban J connectivity index is 2.01. The van der Waals surface area contributed by atoms with Gasteiger partial charge in [0.15, 0.2) is 0 Å². The van der Waals surface area contributed by atoms with Crippen LogP contribution in [0.4, 0.5) is 4.39 Å². The average molecular weight is 348 g/mol. The van der Waals surface area contributed by atoms with Gasteiger partial charge in [0, 0.05) is 15.4 Å². The van der Waals surface area contributed by atoms with E-state index in [1.54, 1.807) is 24.3 Å². The summed E-state index contributed by atoms with van der Waals surface area (Å²) in [6, 6.07) is 11.9. The first-order chi connectivity index (χ1) is 10.2. The molecule has 0 amide bonds. The summed E-state index contributed by atoms with van der Waals surface area (Å²) in [5.41, 5.74) is 0.957. The van der Waals surface area contributed by atoms with Crippen molar-refractivity contribution in [1.29, 1.82) is 0 Å². The number of hydrogen-bond donors (Lipinski definition) is 1. The van der Waals surface area contributed by atoms with Crippen molar-refractivity contribution in [1.82, 2.24) is 4.98 Å². The molecule has 0 fully saturated rings. The van der Waals surface area contributed by atoms with Crippen LogP contribution in [0.25, 0.3) is 10.9 Å². The number of para-hydroxylation sites is 1. The summed E-state index contributed by atoms with van der Waals surface area (Å²) in [7, 11) is 0. The number of aliphatic hydroxyl groups excluding tert-OH is 1. The van der Waals surface area contributed by atoms with E-state index < -0.39 is 0 Å². The lowest BCUT2D eigenvalue weighted by Crippen LogP contribution is -1.94. The number of aromatic nitrogens is 1. The topological polar surface area (TPSA) is 42.4 Å². The maximum atomic E-state index is 13.6. The van der Waals surface area contributed by atoms with Gasteiger partial charge >= 0.3 is 0 Å². The lowest BCUT2D eigenvalue weighted by Gasteiger charge is -2.11. The minimum absolute atomic E-state index is 0.146. The second-order valence-corrected chi connectivity index (χ2v) is 5.31. The predicted octanol–water partition coefficient (Wildman–Crippen LogP) is 4.42. The molecule has 3 nitrogen and oxygen atoms in total. The molecule has 0 bridgehead atoms. The Morgan fingerprint density at radius 1 is 1.19 bits per heavy atom. The third kappa shape index (κ3) is 2.75. The van der Waals surface area contributed by atoms with Crippen LogP contribution in [0.3, 0.4) is 0 Å². The van der Waals surface area contributed by atoms with E-state index in [0.717, 1.165) is 4.47 Å². The summed E-state index contributed by atoms with van der Waals surface area (Å²) in [6.45, 7) is -0.146. The number of aliphatic hydroxyl groups is 1. The number of fused-ring (bicyclic) bond motifs is 1. The summed E-state index contributed by atoms with van der Waals surface area (Å²) >= 11 is 3.36. The van der Waals surface area contributed by atoms with Crippen molar-refractivity contribution in [3.8, 4) is 11.5 Å². The van der Waals surface area contributed by atoms with E-state index in [0.29, 0.717) is 28.0 Å². The summed E-state index contributed by atoms with van der Waals surface area (Å²) in [4.78, 5) is 4.08. The Bertz CT molecular complexity index is 807. The van der Waals surface area contributed by atoms with Crippen LogP contribution < -0.4 is 4.74 Å². The first-order valence-corrected chi connectivity index (χ1v) is 7.08. The van der Waals surface area contributed by atoms with Crippen molar-refractivity contribution in [2.24, 2.45) is 0 Å². The molecule has 3 rings (SSSR count). The maximum absolute atomic E-state index is 13.6. The first-order valence-electron chi connectivity index (χ1n) is 6.29. The molecule has 5 heteroatoms. The van der Waals surface area contributed by atoms with Crippen LogP contribution >= 0.6 is 15.9 Å². The molecule has 0 aliphatic rings. The van der Waals surface area contributed by atoms with E-state index in [9.17, 15) is 9.50 Å². The van der Waals surface area contributed by atoms with E-state index in [2.05, 4.69) is 20.9 Å². The second-order valence-electron chi connectivity index (χ2n) is 4.46. The fourth-order valence-corrected chi connectivity index (χ4v) is 2.55. The molecular weight excluding hydrogens is 337 g/mol. The highest BCUT2D eigenvalue weighted by Crippen LogP contribution is 2.31. The van der Waals surface area contributed by atoms with Crippen LogP contribution in [0.1, 0.15) is 5.56 Å². The van der Waals surface area contributed by atoms with E-state index in [1.165, 1.54) is 12.3 Å². The molecule has 1 heterocycles. The minimum atomic E-state index is -0.363. The summed E-state index contributed by atoms with van der Waals surface area (Å²) in [5.74, 6) is 0.655. The lowest BCUT2D eigenvalue weighted by molar-refractivity contribution is 0.275. The summed E-state index contributed by atoms with van der Waals surface area (Å²) in [5, 5.41) is 10.1. The second kappa shape index (κ2) is 5.79. The van der Waals surface area contributed by atoms with E-state index in [4.69, 9.17) is 4.74 Å². The van der Waals surface area contributed by atoms with Crippen molar-refractivity contribution >= 4 is 26.8 Å². The van der Waals surface area contributed by atoms with E-state index in [1.807, 2.05) is 12.1 Å². The Labute approximate surface area is 129 Å². The standard InChI is InChI=1S/C16H11BrFNO2/c17-13-4-2-6-15(12(13)9-20)21-11-7-10-3-1-5-14(18)16(10)19-8-11/h1-8,20H,9H2. The van der Waals surface area contributed by atoms with Crippen molar-refractivity contribution in [2.75, 3.05) is 0 Å². The van der Waals surface area contributed by atoms with Crippen LogP contribution in [0, 0.1) is 5.82 Å². The third-order valence-electron chi connectivity index (χ3n) is 3.10. The molecule has 0 saturated heterocycles. The van der Waals surface area contributed by atoms with Crippen molar-refractivity contribution in [2.45, 2.75) is 6.61 Å². The molecule has 0 radical (unpaired) electrons. The molecule has 3 aromatic rings. The fourth-order valence-electron chi connectivity index (χ4n) is 2.07. The number of rotatable bonds is 3. The van der Waals surface area contributed by atoms with Crippen LogP contribution in [-0.4, -0.2) is 10.1 Å². The maximum Gasteiger partial charge on any atom is 0.149 e. The van der Waals surface area contributed by atoms with Gasteiger partial charge in [-0.3, -0.25) is 0 Å². The molecule has 21 heavy (non-hydrogen) atoms. The van der Waals surface area contributed by atoms with Crippen LogP contribution in [0.5, 0.6) is 11.5 Å². The zero-order valence-electron chi connectivity index (χ0n) is 10.9. The largest absolute Gasteiger partial charge is 0.455 e. The zero-order chi connectivity index (χ0) is 14.8. The van der Waals surface area contributed by atoms with Crippen molar-refractivity contribution in [3.63, 3.8) is 0 Å². The highest BCUT2D eigenvalue weighted by atomic mass is 79.9. The van der Waals surface area contributed by atoms with Gasteiger partial charge in [-0.05, 0) is 24.3 Å². The predicted molar refractivity (Wildman–Crippen MR) is 81.8 cm³/mol. The first kappa shape index (κ1) is 14.0. The Morgan fingerprint density at radius 3 is 2.81 bits per heavy atom. The number of benzene rings is 2. The normalized spacial score (nSPS) is 10.8. The molecule has 0 unspecified atom stereocenters. The number of nitrogens with zero attached hydrogens (tertiary/aromatic N) is 1. The van der Waals surface area contributed by atoms with Gasteiger partial charge in [0.1, 0.15) is 22.8 Å². The number of pyridine rings is 1. The van der Waals surface area contributed by atoms with Gasteiger partial charge in [-0.1, -0.05) is 34.1 Å². The molecule has 0 aliphatic carbocycles. The highest BCUT2D eigenvalue weighted by molar-refractivity contribution is 9.10. The molecule has 106 valence electrons. The Kier molecular flexibility index (Phi) is 3.86. The molecule has 2 aromatic carbocycles. The quantitative estimate of drug-likeness (QED) is 0.762. The van der Waals surface area contributed by atoms with Crippen LogP contribution in [-0.2, 0) is 6.61 Å². The van der Waals surface area contributed by atoms with E-state index >= 15 is 0 Å². The lowest BCUT2D eigenvalue weighted by atomic mass is 10.2. The van der Waals surface area contributed by atoms with Crippen LogP contribution in [0.15, 0.2) is 53.1 Å². The molecule has 0 aliphatic heterocycles. The minimum Gasteiger partial charge on any atom is -0.455 e. The molecular formula is C16H11BrFNO2.